The van der Waals surface area contributed by atoms with E-state index in [9.17, 15) is 0 Å². The Morgan fingerprint density at radius 2 is 1.00 bits per heavy atom. The van der Waals surface area contributed by atoms with E-state index >= 15 is 0 Å². The summed E-state index contributed by atoms with van der Waals surface area (Å²) in [4.78, 5) is 7.79. The Balaban J connectivity index is 1.86. The molecule has 0 aliphatic carbocycles. The minimum absolute atomic E-state index is 0.220. The van der Waals surface area contributed by atoms with Crippen molar-refractivity contribution in [3.8, 4) is 0 Å². The predicted octanol–water partition coefficient (Wildman–Crippen LogP) is -0.453. The lowest BCUT2D eigenvalue weighted by atomic mass is 10.5. The third kappa shape index (κ3) is 8.35. The molecule has 2 rings (SSSR count). The largest absolute Gasteiger partial charge is 0.378 e. The van der Waals surface area contributed by atoms with E-state index in [-0.39, 0.29) is 6.79 Å². The molecule has 0 saturated carbocycles. The maximum absolute atomic E-state index is 5.64. The summed E-state index contributed by atoms with van der Waals surface area (Å²) in [5, 5.41) is 1.82. The molecular formula is C14H28N2O6. The van der Waals surface area contributed by atoms with Crippen LogP contribution in [0.3, 0.4) is 0 Å². The van der Waals surface area contributed by atoms with Gasteiger partial charge in [-0.1, -0.05) is 0 Å². The van der Waals surface area contributed by atoms with Gasteiger partial charge in [-0.2, -0.15) is 5.06 Å². The molecule has 8 nitrogen and oxygen atoms in total. The van der Waals surface area contributed by atoms with Crippen molar-refractivity contribution in [2.75, 3.05) is 92.6 Å². The highest BCUT2D eigenvalue weighted by Crippen LogP contribution is 1.98. The van der Waals surface area contributed by atoms with Gasteiger partial charge in [-0.25, -0.2) is 0 Å². The van der Waals surface area contributed by atoms with Crippen LogP contribution in [0, 0.1) is 0 Å². The lowest BCUT2D eigenvalue weighted by molar-refractivity contribution is -0.242. The third-order valence-corrected chi connectivity index (χ3v) is 3.41. The van der Waals surface area contributed by atoms with Gasteiger partial charge in [0.05, 0.1) is 52.9 Å². The van der Waals surface area contributed by atoms with Gasteiger partial charge in [0.1, 0.15) is 6.73 Å². The minimum Gasteiger partial charge on any atom is -0.378 e. The van der Waals surface area contributed by atoms with Crippen molar-refractivity contribution < 1.29 is 28.5 Å². The SMILES string of the molecule is C1COCCN2CCOCCOCCN(CCO1)COCO2. The van der Waals surface area contributed by atoms with Crippen molar-refractivity contribution in [3.63, 3.8) is 0 Å². The number of hydroxylamine groups is 2. The van der Waals surface area contributed by atoms with Crippen LogP contribution >= 0.6 is 0 Å². The molecule has 2 heterocycles. The van der Waals surface area contributed by atoms with Gasteiger partial charge < -0.3 is 23.7 Å². The molecule has 22 heavy (non-hydrogen) atoms. The summed E-state index contributed by atoms with van der Waals surface area (Å²) in [6.07, 6.45) is 0. The summed E-state index contributed by atoms with van der Waals surface area (Å²) in [6.45, 7) is 8.58. The molecule has 2 aliphatic heterocycles. The monoisotopic (exact) mass is 320 g/mol. The highest BCUT2D eigenvalue weighted by molar-refractivity contribution is 4.53. The predicted molar refractivity (Wildman–Crippen MR) is 78.3 cm³/mol. The van der Waals surface area contributed by atoms with Crippen molar-refractivity contribution in [3.05, 3.63) is 0 Å². The zero-order chi connectivity index (χ0) is 15.3. The minimum atomic E-state index is 0.220. The molecule has 0 aromatic carbocycles. The van der Waals surface area contributed by atoms with Crippen LogP contribution in [0.25, 0.3) is 0 Å². The highest BCUT2D eigenvalue weighted by Gasteiger charge is 2.10. The van der Waals surface area contributed by atoms with Crippen LogP contribution in [0.1, 0.15) is 0 Å². The molecule has 130 valence electrons. The Bertz CT molecular complexity index is 226. The molecule has 0 radical (unpaired) electrons. The Hall–Kier alpha value is -0.320. The number of ether oxygens (including phenoxy) is 5. The molecular weight excluding hydrogens is 292 g/mol. The summed E-state index contributed by atoms with van der Waals surface area (Å²) < 4.78 is 27.8. The lowest BCUT2D eigenvalue weighted by Crippen LogP contribution is -2.37. The number of hydrogen-bond donors (Lipinski definition) is 0. The molecule has 0 unspecified atom stereocenters. The second-order valence-electron chi connectivity index (χ2n) is 5.08. The fraction of sp³-hybridized carbons (Fsp3) is 1.00. The second-order valence-corrected chi connectivity index (χ2v) is 5.08. The van der Waals surface area contributed by atoms with E-state index in [4.69, 9.17) is 28.5 Å². The van der Waals surface area contributed by atoms with Crippen molar-refractivity contribution in [2.24, 2.45) is 0 Å². The molecule has 0 aromatic rings. The standard InChI is InChI=1S/C14H28N2O6/c1-5-17-9-11-19-7-3-16-4-8-20-12-10-18-6-2-15(1)13-21-14-22-16/h1-14H2. The van der Waals surface area contributed by atoms with E-state index in [2.05, 4.69) is 4.90 Å². The molecule has 0 aromatic heterocycles. The molecule has 0 spiro atoms. The second kappa shape index (κ2) is 12.1. The fourth-order valence-electron chi connectivity index (χ4n) is 2.12. The normalized spacial score (nSPS) is 31.6. The van der Waals surface area contributed by atoms with E-state index in [1.807, 2.05) is 5.06 Å². The van der Waals surface area contributed by atoms with Gasteiger partial charge in [0.15, 0.2) is 6.79 Å². The number of rotatable bonds is 0. The summed E-state index contributed by atoms with van der Waals surface area (Å²) in [6, 6.07) is 0. The van der Waals surface area contributed by atoms with Crippen LogP contribution in [-0.2, 0) is 28.5 Å². The van der Waals surface area contributed by atoms with Gasteiger partial charge >= 0.3 is 0 Å². The molecule has 2 bridgehead atoms. The molecule has 0 atom stereocenters. The summed E-state index contributed by atoms with van der Waals surface area (Å²) in [7, 11) is 0. The fourth-order valence-corrected chi connectivity index (χ4v) is 2.12. The van der Waals surface area contributed by atoms with Gasteiger partial charge in [0.2, 0.25) is 0 Å². The Morgan fingerprint density at radius 3 is 1.55 bits per heavy atom. The Labute approximate surface area is 132 Å². The summed E-state index contributed by atoms with van der Waals surface area (Å²) in [5.74, 6) is 0. The molecule has 2 aliphatic rings. The molecule has 2 fully saturated rings. The first-order valence-electron chi connectivity index (χ1n) is 7.94. The lowest BCUT2D eigenvalue weighted by Gasteiger charge is -2.26. The van der Waals surface area contributed by atoms with Gasteiger partial charge in [-0.15, -0.1) is 0 Å². The van der Waals surface area contributed by atoms with E-state index in [1.165, 1.54) is 0 Å². The van der Waals surface area contributed by atoms with Crippen LogP contribution in [0.2, 0.25) is 0 Å². The first kappa shape index (κ1) is 18.0. The Kier molecular flexibility index (Phi) is 9.95. The molecule has 0 amide bonds. The number of fused-ring (bicyclic) bond motifs is 5. The molecule has 0 N–H and O–H groups in total. The van der Waals surface area contributed by atoms with Crippen molar-refractivity contribution >= 4 is 0 Å². The summed E-state index contributed by atoms with van der Waals surface area (Å²) >= 11 is 0. The molecule has 2 saturated heterocycles. The van der Waals surface area contributed by atoms with E-state index in [0.29, 0.717) is 72.7 Å². The highest BCUT2D eigenvalue weighted by atomic mass is 16.8. The van der Waals surface area contributed by atoms with Gasteiger partial charge in [0.25, 0.3) is 0 Å². The number of nitrogens with zero attached hydrogens (tertiary/aromatic N) is 2. The van der Waals surface area contributed by atoms with E-state index in [1.54, 1.807) is 0 Å². The summed E-state index contributed by atoms with van der Waals surface area (Å²) in [5.41, 5.74) is 0. The topological polar surface area (TPSA) is 61.9 Å². The van der Waals surface area contributed by atoms with Gasteiger partial charge in [0, 0.05) is 26.2 Å². The zero-order valence-electron chi connectivity index (χ0n) is 13.2. The van der Waals surface area contributed by atoms with Crippen LogP contribution in [0.5, 0.6) is 0 Å². The zero-order valence-corrected chi connectivity index (χ0v) is 13.2. The first-order valence-corrected chi connectivity index (χ1v) is 7.94. The number of hydrogen-bond acceptors (Lipinski definition) is 8. The molecule has 8 heteroatoms. The first-order chi connectivity index (χ1) is 10.9. The van der Waals surface area contributed by atoms with E-state index < -0.39 is 0 Å². The van der Waals surface area contributed by atoms with Crippen molar-refractivity contribution in [1.29, 1.82) is 0 Å². The van der Waals surface area contributed by atoms with Crippen molar-refractivity contribution in [1.82, 2.24) is 9.96 Å². The van der Waals surface area contributed by atoms with Crippen molar-refractivity contribution in [2.45, 2.75) is 0 Å². The maximum Gasteiger partial charge on any atom is 0.168 e. The third-order valence-electron chi connectivity index (χ3n) is 3.41. The van der Waals surface area contributed by atoms with Crippen LogP contribution in [0.15, 0.2) is 0 Å². The van der Waals surface area contributed by atoms with E-state index in [0.717, 1.165) is 13.1 Å². The smallest absolute Gasteiger partial charge is 0.168 e. The van der Waals surface area contributed by atoms with Crippen LogP contribution in [-0.4, -0.2) is 103 Å². The van der Waals surface area contributed by atoms with Crippen LogP contribution < -0.4 is 0 Å². The van der Waals surface area contributed by atoms with Gasteiger partial charge in [-0.05, 0) is 0 Å². The average Bonchev–Trinajstić information content (AvgIpc) is 2.53. The van der Waals surface area contributed by atoms with Gasteiger partial charge in [-0.3, -0.25) is 9.74 Å². The Morgan fingerprint density at radius 1 is 0.500 bits per heavy atom. The average molecular weight is 320 g/mol. The quantitative estimate of drug-likeness (QED) is 0.595. The van der Waals surface area contributed by atoms with Crippen LogP contribution in [0.4, 0.5) is 0 Å². The maximum atomic E-state index is 5.64.